The van der Waals surface area contributed by atoms with Crippen LogP contribution >= 0.6 is 15.9 Å². The first-order chi connectivity index (χ1) is 9.76. The van der Waals surface area contributed by atoms with Gasteiger partial charge in [-0.25, -0.2) is 4.98 Å². The van der Waals surface area contributed by atoms with Crippen LogP contribution in [0, 0.1) is 0 Å². The topological polar surface area (TPSA) is 75.7 Å². The van der Waals surface area contributed by atoms with Gasteiger partial charge in [0.25, 0.3) is 5.88 Å². The van der Waals surface area contributed by atoms with Crippen LogP contribution in [0.15, 0.2) is 35.1 Å². The van der Waals surface area contributed by atoms with Crippen molar-refractivity contribution in [3.63, 3.8) is 0 Å². The van der Waals surface area contributed by atoms with Crippen molar-refractivity contribution in [2.24, 2.45) is 0 Å². The Morgan fingerprint density at radius 3 is 2.80 bits per heavy atom. The van der Waals surface area contributed by atoms with E-state index in [2.05, 4.69) is 41.2 Å². The van der Waals surface area contributed by atoms with E-state index in [1.165, 1.54) is 0 Å². The largest absolute Gasteiger partial charge is 0.437 e. The van der Waals surface area contributed by atoms with Crippen LogP contribution in [-0.4, -0.2) is 26.5 Å². The maximum Gasteiger partial charge on any atom is 0.250 e. The third-order valence-corrected chi connectivity index (χ3v) is 3.14. The molecule has 0 bridgehead atoms. The normalized spacial score (nSPS) is 10.7. The molecule has 2 heterocycles. The zero-order chi connectivity index (χ0) is 13.9. The Bertz CT molecular complexity index is 725. The average Bonchev–Trinajstić information content (AvgIpc) is 2.90. The third-order valence-electron chi connectivity index (χ3n) is 2.62. The van der Waals surface area contributed by atoms with Gasteiger partial charge in [-0.2, -0.15) is 9.97 Å². The van der Waals surface area contributed by atoms with Crippen molar-refractivity contribution in [2.45, 2.75) is 6.92 Å². The number of aromatic amines is 1. The fourth-order valence-electron chi connectivity index (χ4n) is 1.73. The van der Waals surface area contributed by atoms with Crippen LogP contribution in [0.3, 0.4) is 0 Å². The molecular weight excluding hydrogens is 322 g/mol. The van der Waals surface area contributed by atoms with Gasteiger partial charge in [0.1, 0.15) is 11.3 Å². The molecule has 0 radical (unpaired) electrons. The minimum atomic E-state index is 0.450. The lowest BCUT2D eigenvalue weighted by molar-refractivity contribution is 0.468. The maximum atomic E-state index is 5.81. The standard InChI is InChI=1S/C13H12BrN5O/c1-2-15-13-18-11-10(16-7-17-11)12(19-13)20-9-5-3-8(14)4-6-9/h3-7H,2H2,1H3,(H2,15,16,17,18,19). The number of ether oxygens (including phenoxy) is 1. The number of benzene rings is 1. The first-order valence-corrected chi connectivity index (χ1v) is 6.94. The van der Waals surface area contributed by atoms with Crippen molar-refractivity contribution in [1.29, 1.82) is 0 Å². The first kappa shape index (κ1) is 12.9. The van der Waals surface area contributed by atoms with Crippen LogP contribution in [0.5, 0.6) is 11.6 Å². The number of fused-ring (bicyclic) bond motifs is 1. The lowest BCUT2D eigenvalue weighted by atomic mass is 10.3. The molecule has 0 spiro atoms. The average molecular weight is 334 g/mol. The second-order valence-corrected chi connectivity index (χ2v) is 4.96. The van der Waals surface area contributed by atoms with Gasteiger partial charge in [-0.15, -0.1) is 0 Å². The van der Waals surface area contributed by atoms with Crippen molar-refractivity contribution < 1.29 is 4.74 Å². The van der Waals surface area contributed by atoms with Gasteiger partial charge in [-0.3, -0.25) is 0 Å². The second kappa shape index (κ2) is 5.46. The summed E-state index contributed by atoms with van der Waals surface area (Å²) in [7, 11) is 0. The number of hydrogen-bond donors (Lipinski definition) is 2. The molecule has 0 aliphatic carbocycles. The molecule has 0 atom stereocenters. The summed E-state index contributed by atoms with van der Waals surface area (Å²) in [6.45, 7) is 2.71. The molecule has 3 aromatic rings. The minimum absolute atomic E-state index is 0.450. The van der Waals surface area contributed by atoms with E-state index in [0.29, 0.717) is 28.7 Å². The number of aromatic nitrogens is 4. The fourth-order valence-corrected chi connectivity index (χ4v) is 2.00. The number of H-pyrrole nitrogens is 1. The van der Waals surface area contributed by atoms with Crippen LogP contribution in [-0.2, 0) is 0 Å². The summed E-state index contributed by atoms with van der Waals surface area (Å²) in [5.41, 5.74) is 1.25. The highest BCUT2D eigenvalue weighted by Crippen LogP contribution is 2.27. The molecule has 0 saturated heterocycles. The molecule has 0 aliphatic heterocycles. The molecule has 6 nitrogen and oxygen atoms in total. The Labute approximate surface area is 123 Å². The van der Waals surface area contributed by atoms with Crippen molar-refractivity contribution in [1.82, 2.24) is 19.9 Å². The van der Waals surface area contributed by atoms with Crippen molar-refractivity contribution in [3.8, 4) is 11.6 Å². The first-order valence-electron chi connectivity index (χ1n) is 6.14. The predicted octanol–water partition coefficient (Wildman–Crippen LogP) is 3.34. The highest BCUT2D eigenvalue weighted by Gasteiger charge is 2.11. The highest BCUT2D eigenvalue weighted by molar-refractivity contribution is 9.10. The van der Waals surface area contributed by atoms with E-state index in [1.807, 2.05) is 31.2 Å². The summed E-state index contributed by atoms with van der Waals surface area (Å²) >= 11 is 3.39. The molecule has 20 heavy (non-hydrogen) atoms. The monoisotopic (exact) mass is 333 g/mol. The van der Waals surface area contributed by atoms with Gasteiger partial charge < -0.3 is 15.0 Å². The summed E-state index contributed by atoms with van der Waals surface area (Å²) in [5, 5.41) is 3.06. The van der Waals surface area contributed by atoms with E-state index < -0.39 is 0 Å². The molecule has 7 heteroatoms. The molecule has 2 N–H and O–H groups in total. The van der Waals surface area contributed by atoms with Crippen molar-refractivity contribution in [2.75, 3.05) is 11.9 Å². The number of rotatable bonds is 4. The van der Waals surface area contributed by atoms with Gasteiger partial charge in [-0.05, 0) is 31.2 Å². The third kappa shape index (κ3) is 2.57. The van der Waals surface area contributed by atoms with Gasteiger partial charge >= 0.3 is 0 Å². The summed E-state index contributed by atoms with van der Waals surface area (Å²) in [6, 6.07) is 7.54. The molecular formula is C13H12BrN5O. The summed E-state index contributed by atoms with van der Waals surface area (Å²) in [5.74, 6) is 1.65. The minimum Gasteiger partial charge on any atom is -0.437 e. The van der Waals surface area contributed by atoms with Gasteiger partial charge in [0.05, 0.1) is 6.33 Å². The van der Waals surface area contributed by atoms with Gasteiger partial charge in [-0.1, -0.05) is 15.9 Å². The van der Waals surface area contributed by atoms with E-state index >= 15 is 0 Å². The number of anilines is 1. The van der Waals surface area contributed by atoms with Crippen LogP contribution in [0.1, 0.15) is 6.92 Å². The van der Waals surface area contributed by atoms with E-state index in [4.69, 9.17) is 4.74 Å². The van der Waals surface area contributed by atoms with Gasteiger partial charge in [0.15, 0.2) is 5.65 Å². The molecule has 0 aliphatic rings. The van der Waals surface area contributed by atoms with Crippen LogP contribution < -0.4 is 10.1 Å². The predicted molar refractivity (Wildman–Crippen MR) is 80.1 cm³/mol. The fraction of sp³-hybridized carbons (Fsp3) is 0.154. The van der Waals surface area contributed by atoms with Crippen LogP contribution in [0.25, 0.3) is 11.2 Å². The lowest BCUT2D eigenvalue weighted by Gasteiger charge is -2.07. The van der Waals surface area contributed by atoms with Crippen LogP contribution in [0.2, 0.25) is 0 Å². The Morgan fingerprint density at radius 1 is 1.25 bits per heavy atom. The molecule has 3 rings (SSSR count). The van der Waals surface area contributed by atoms with E-state index in [-0.39, 0.29) is 0 Å². The summed E-state index contributed by atoms with van der Waals surface area (Å²) in [6.07, 6.45) is 1.57. The summed E-state index contributed by atoms with van der Waals surface area (Å²) < 4.78 is 6.80. The van der Waals surface area contributed by atoms with E-state index in [1.54, 1.807) is 6.33 Å². The molecule has 2 aromatic heterocycles. The SMILES string of the molecule is CCNc1nc(Oc2ccc(Br)cc2)c2[nH]cnc2n1. The summed E-state index contributed by atoms with van der Waals surface area (Å²) in [4.78, 5) is 15.8. The van der Waals surface area contributed by atoms with Crippen LogP contribution in [0.4, 0.5) is 5.95 Å². The van der Waals surface area contributed by atoms with Gasteiger partial charge in [0.2, 0.25) is 5.95 Å². The van der Waals surface area contributed by atoms with Gasteiger partial charge in [0, 0.05) is 11.0 Å². The Morgan fingerprint density at radius 2 is 2.05 bits per heavy atom. The number of nitrogens with zero attached hydrogens (tertiary/aromatic N) is 3. The Hall–Kier alpha value is -2.15. The number of halogens is 1. The smallest absolute Gasteiger partial charge is 0.250 e. The van der Waals surface area contributed by atoms with Crippen molar-refractivity contribution in [3.05, 3.63) is 35.1 Å². The lowest BCUT2D eigenvalue weighted by Crippen LogP contribution is -2.03. The molecule has 0 fully saturated rings. The zero-order valence-corrected chi connectivity index (χ0v) is 12.3. The maximum absolute atomic E-state index is 5.81. The highest BCUT2D eigenvalue weighted by atomic mass is 79.9. The number of imidazole rings is 1. The molecule has 0 saturated carbocycles. The van der Waals surface area contributed by atoms with E-state index in [0.717, 1.165) is 11.0 Å². The molecule has 0 unspecified atom stereocenters. The molecule has 102 valence electrons. The Kier molecular flexibility index (Phi) is 3.51. The zero-order valence-electron chi connectivity index (χ0n) is 10.7. The second-order valence-electron chi connectivity index (χ2n) is 4.04. The number of nitrogens with one attached hydrogen (secondary N) is 2. The van der Waals surface area contributed by atoms with Crippen molar-refractivity contribution >= 4 is 33.0 Å². The molecule has 1 aromatic carbocycles. The molecule has 0 amide bonds. The number of hydrogen-bond acceptors (Lipinski definition) is 5. The quantitative estimate of drug-likeness (QED) is 0.765. The van der Waals surface area contributed by atoms with E-state index in [9.17, 15) is 0 Å². The Balaban J connectivity index is 2.00.